The normalized spacial score (nSPS) is 42.3. The van der Waals surface area contributed by atoms with Crippen molar-refractivity contribution >= 4 is 6.09 Å². The molecule has 2 unspecified atom stereocenters. The summed E-state index contributed by atoms with van der Waals surface area (Å²) >= 11 is 0. The first-order valence-electron chi connectivity index (χ1n) is 5.74. The van der Waals surface area contributed by atoms with E-state index in [4.69, 9.17) is 4.74 Å². The highest BCUT2D eigenvalue weighted by Crippen LogP contribution is 2.48. The Bertz CT molecular complexity index is 262. The van der Waals surface area contributed by atoms with Gasteiger partial charge in [-0.2, -0.15) is 0 Å². The lowest BCUT2D eigenvalue weighted by Crippen LogP contribution is -2.39. The summed E-state index contributed by atoms with van der Waals surface area (Å²) < 4.78 is 5.45. The molecule has 3 aliphatic rings. The molecule has 14 heavy (non-hydrogen) atoms. The van der Waals surface area contributed by atoms with E-state index < -0.39 is 0 Å². The molecule has 1 N–H and O–H groups in total. The van der Waals surface area contributed by atoms with Crippen LogP contribution in [0.4, 0.5) is 4.79 Å². The maximum Gasteiger partial charge on any atom is 0.407 e. The zero-order valence-corrected chi connectivity index (χ0v) is 8.42. The molecule has 0 aromatic carbocycles. The van der Waals surface area contributed by atoms with E-state index in [0.29, 0.717) is 0 Å². The highest BCUT2D eigenvalue weighted by Gasteiger charge is 2.47. The van der Waals surface area contributed by atoms with Crippen LogP contribution >= 0.6 is 0 Å². The summed E-state index contributed by atoms with van der Waals surface area (Å²) in [4.78, 5) is 11.1. The standard InChI is InChI=1S/C11H17NO2/c13-10-12-7-11(14-10)5-1-2-9(6-11)8-3-4-8/h8-9H,1-7H2,(H,12,13). The fourth-order valence-corrected chi connectivity index (χ4v) is 3.09. The zero-order chi connectivity index (χ0) is 9.60. The fourth-order valence-electron chi connectivity index (χ4n) is 3.09. The number of rotatable bonds is 1. The third kappa shape index (κ3) is 1.39. The largest absolute Gasteiger partial charge is 0.441 e. The van der Waals surface area contributed by atoms with Crippen molar-refractivity contribution in [2.75, 3.05) is 6.54 Å². The van der Waals surface area contributed by atoms with Gasteiger partial charge in [0.05, 0.1) is 6.54 Å². The number of ether oxygens (including phenoxy) is 1. The van der Waals surface area contributed by atoms with E-state index in [0.717, 1.165) is 31.2 Å². The maximum absolute atomic E-state index is 11.1. The predicted molar refractivity (Wildman–Crippen MR) is 51.9 cm³/mol. The fraction of sp³-hybridized carbons (Fsp3) is 0.909. The maximum atomic E-state index is 11.1. The Morgan fingerprint density at radius 3 is 2.79 bits per heavy atom. The van der Waals surface area contributed by atoms with Gasteiger partial charge in [-0.1, -0.05) is 0 Å². The van der Waals surface area contributed by atoms with Crippen LogP contribution in [0.15, 0.2) is 0 Å². The summed E-state index contributed by atoms with van der Waals surface area (Å²) in [6.45, 7) is 0.745. The molecule has 0 bridgehead atoms. The molecule has 3 nitrogen and oxygen atoms in total. The van der Waals surface area contributed by atoms with Gasteiger partial charge in [-0.25, -0.2) is 4.79 Å². The average molecular weight is 195 g/mol. The van der Waals surface area contributed by atoms with E-state index in [1.165, 1.54) is 25.7 Å². The van der Waals surface area contributed by atoms with Crippen LogP contribution in [-0.4, -0.2) is 18.2 Å². The monoisotopic (exact) mass is 195 g/mol. The summed E-state index contributed by atoms with van der Waals surface area (Å²) in [5, 5.41) is 2.80. The van der Waals surface area contributed by atoms with Crippen molar-refractivity contribution in [2.24, 2.45) is 11.8 Å². The van der Waals surface area contributed by atoms with Gasteiger partial charge in [0, 0.05) is 0 Å². The van der Waals surface area contributed by atoms with Crippen LogP contribution in [0, 0.1) is 11.8 Å². The third-order valence-corrected chi connectivity index (χ3v) is 3.99. The summed E-state index contributed by atoms with van der Waals surface area (Å²) in [7, 11) is 0. The Morgan fingerprint density at radius 1 is 1.29 bits per heavy atom. The van der Waals surface area contributed by atoms with Crippen LogP contribution < -0.4 is 5.32 Å². The summed E-state index contributed by atoms with van der Waals surface area (Å²) in [6.07, 6.45) is 7.36. The van der Waals surface area contributed by atoms with E-state index in [-0.39, 0.29) is 11.7 Å². The molecule has 1 heterocycles. The second-order valence-electron chi connectivity index (χ2n) is 5.12. The van der Waals surface area contributed by atoms with E-state index in [9.17, 15) is 4.79 Å². The Morgan fingerprint density at radius 2 is 2.14 bits per heavy atom. The highest BCUT2D eigenvalue weighted by atomic mass is 16.6. The van der Waals surface area contributed by atoms with E-state index in [1.54, 1.807) is 0 Å². The van der Waals surface area contributed by atoms with Crippen molar-refractivity contribution in [3.63, 3.8) is 0 Å². The summed E-state index contributed by atoms with van der Waals surface area (Å²) in [6, 6.07) is 0. The lowest BCUT2D eigenvalue weighted by molar-refractivity contribution is 0.00314. The molecule has 1 amide bonds. The van der Waals surface area contributed by atoms with Gasteiger partial charge in [-0.05, 0) is 50.4 Å². The molecule has 1 saturated heterocycles. The second kappa shape index (κ2) is 2.88. The van der Waals surface area contributed by atoms with Gasteiger partial charge in [0.2, 0.25) is 0 Å². The number of alkyl carbamates (subject to hydrolysis) is 1. The molecule has 3 heteroatoms. The van der Waals surface area contributed by atoms with Gasteiger partial charge in [0.15, 0.2) is 0 Å². The molecule has 1 spiro atoms. The minimum Gasteiger partial charge on any atom is -0.441 e. The molecule has 3 fully saturated rings. The predicted octanol–water partition coefficient (Wildman–Crippen LogP) is 2.07. The molecule has 0 radical (unpaired) electrons. The van der Waals surface area contributed by atoms with Crippen LogP contribution in [-0.2, 0) is 4.74 Å². The molecule has 2 saturated carbocycles. The van der Waals surface area contributed by atoms with Gasteiger partial charge in [0.1, 0.15) is 5.60 Å². The number of nitrogens with one attached hydrogen (secondary N) is 1. The van der Waals surface area contributed by atoms with Crippen LogP contribution in [0.3, 0.4) is 0 Å². The first-order valence-corrected chi connectivity index (χ1v) is 5.74. The van der Waals surface area contributed by atoms with Gasteiger partial charge >= 0.3 is 6.09 Å². The Kier molecular flexibility index (Phi) is 1.76. The van der Waals surface area contributed by atoms with Crippen molar-refractivity contribution in [1.82, 2.24) is 5.32 Å². The van der Waals surface area contributed by atoms with Crippen molar-refractivity contribution in [1.29, 1.82) is 0 Å². The molecule has 0 aromatic heterocycles. The second-order valence-corrected chi connectivity index (χ2v) is 5.12. The van der Waals surface area contributed by atoms with E-state index in [2.05, 4.69) is 5.32 Å². The lowest BCUT2D eigenvalue weighted by atomic mass is 9.76. The third-order valence-electron chi connectivity index (χ3n) is 3.99. The Labute approximate surface area is 84.2 Å². The van der Waals surface area contributed by atoms with Crippen molar-refractivity contribution in [3.8, 4) is 0 Å². The number of carbonyl (C=O) groups is 1. The topological polar surface area (TPSA) is 38.3 Å². The van der Waals surface area contributed by atoms with Crippen LogP contribution in [0.5, 0.6) is 0 Å². The molecular formula is C11H17NO2. The van der Waals surface area contributed by atoms with Crippen LogP contribution in [0.25, 0.3) is 0 Å². The number of carbonyl (C=O) groups excluding carboxylic acids is 1. The zero-order valence-electron chi connectivity index (χ0n) is 8.42. The van der Waals surface area contributed by atoms with Crippen LogP contribution in [0.2, 0.25) is 0 Å². The molecule has 2 atom stereocenters. The number of hydrogen-bond donors (Lipinski definition) is 1. The van der Waals surface area contributed by atoms with Crippen LogP contribution in [0.1, 0.15) is 38.5 Å². The van der Waals surface area contributed by atoms with Crippen molar-refractivity contribution in [3.05, 3.63) is 0 Å². The van der Waals surface area contributed by atoms with E-state index >= 15 is 0 Å². The molecule has 0 aromatic rings. The summed E-state index contributed by atoms with van der Waals surface area (Å²) in [5.74, 6) is 1.78. The van der Waals surface area contributed by atoms with Crippen molar-refractivity contribution in [2.45, 2.75) is 44.1 Å². The first-order chi connectivity index (χ1) is 6.77. The average Bonchev–Trinajstić information content (AvgIpc) is 2.95. The number of hydrogen-bond acceptors (Lipinski definition) is 2. The highest BCUT2D eigenvalue weighted by molar-refractivity contribution is 5.70. The molecule has 3 rings (SSSR count). The Hall–Kier alpha value is -0.730. The number of amides is 1. The molecule has 1 aliphatic heterocycles. The molecule has 2 aliphatic carbocycles. The summed E-state index contributed by atoms with van der Waals surface area (Å²) in [5.41, 5.74) is -0.122. The Balaban J connectivity index is 1.70. The van der Waals surface area contributed by atoms with E-state index in [1.807, 2.05) is 0 Å². The lowest BCUT2D eigenvalue weighted by Gasteiger charge is -2.35. The minimum atomic E-state index is -0.207. The molecule has 78 valence electrons. The van der Waals surface area contributed by atoms with Gasteiger partial charge in [0.25, 0.3) is 0 Å². The smallest absolute Gasteiger partial charge is 0.407 e. The minimum absolute atomic E-state index is 0.122. The van der Waals surface area contributed by atoms with Gasteiger partial charge < -0.3 is 10.1 Å². The van der Waals surface area contributed by atoms with Gasteiger partial charge in [-0.3, -0.25) is 0 Å². The molecular weight excluding hydrogens is 178 g/mol. The quantitative estimate of drug-likeness (QED) is 0.695. The van der Waals surface area contributed by atoms with Gasteiger partial charge in [-0.15, -0.1) is 0 Å². The SMILES string of the molecule is O=C1NCC2(CCCC(C3CC3)C2)O1. The van der Waals surface area contributed by atoms with Crippen molar-refractivity contribution < 1.29 is 9.53 Å². The first kappa shape index (κ1) is 8.57.